The summed E-state index contributed by atoms with van der Waals surface area (Å²) in [5.41, 5.74) is 0.679. The van der Waals surface area contributed by atoms with Crippen LogP contribution in [0.1, 0.15) is 24.6 Å². The molecule has 0 amide bonds. The van der Waals surface area contributed by atoms with Gasteiger partial charge in [0.25, 0.3) is 0 Å². The van der Waals surface area contributed by atoms with Crippen molar-refractivity contribution in [2.45, 2.75) is 24.1 Å². The Hall–Kier alpha value is -0.980. The SMILES string of the molecule is COCC(NS(=O)(=O)C1CC1)c1ccccn1. The first-order valence-corrected chi connectivity index (χ1v) is 7.09. The summed E-state index contributed by atoms with van der Waals surface area (Å²) in [5.74, 6) is 0. The summed E-state index contributed by atoms with van der Waals surface area (Å²) in [5, 5.41) is -0.231. The molecule has 0 aliphatic heterocycles. The van der Waals surface area contributed by atoms with Crippen molar-refractivity contribution in [3.63, 3.8) is 0 Å². The maximum atomic E-state index is 11.9. The first kappa shape index (κ1) is 12.5. The summed E-state index contributed by atoms with van der Waals surface area (Å²) in [6.45, 7) is 0.281. The molecule has 6 heteroatoms. The summed E-state index contributed by atoms with van der Waals surface area (Å²) in [6, 6.07) is 5.00. The zero-order valence-corrected chi connectivity index (χ0v) is 10.5. The van der Waals surface area contributed by atoms with Crippen molar-refractivity contribution in [3.8, 4) is 0 Å². The van der Waals surface area contributed by atoms with Crippen molar-refractivity contribution in [1.29, 1.82) is 0 Å². The van der Waals surface area contributed by atoms with Gasteiger partial charge in [-0.2, -0.15) is 0 Å². The highest BCUT2D eigenvalue weighted by molar-refractivity contribution is 7.90. The molecule has 1 heterocycles. The van der Waals surface area contributed by atoms with Gasteiger partial charge in [-0.05, 0) is 25.0 Å². The second-order valence-corrected chi connectivity index (χ2v) is 6.12. The fraction of sp³-hybridized carbons (Fsp3) is 0.545. The minimum atomic E-state index is -3.23. The molecule has 1 fully saturated rings. The number of rotatable bonds is 6. The smallest absolute Gasteiger partial charge is 0.215 e. The Morgan fingerprint density at radius 2 is 2.29 bits per heavy atom. The molecule has 0 bridgehead atoms. The zero-order valence-electron chi connectivity index (χ0n) is 9.67. The van der Waals surface area contributed by atoms with Gasteiger partial charge in [0.2, 0.25) is 10.0 Å². The highest BCUT2D eigenvalue weighted by Gasteiger charge is 2.37. The lowest BCUT2D eigenvalue weighted by Gasteiger charge is -2.17. The van der Waals surface area contributed by atoms with Crippen molar-refractivity contribution in [1.82, 2.24) is 9.71 Å². The maximum absolute atomic E-state index is 11.9. The summed E-state index contributed by atoms with van der Waals surface area (Å²) in [4.78, 5) is 4.15. The molecule has 1 aromatic rings. The molecule has 5 nitrogen and oxygen atoms in total. The maximum Gasteiger partial charge on any atom is 0.215 e. The number of ether oxygens (including phenoxy) is 1. The second kappa shape index (κ2) is 5.12. The van der Waals surface area contributed by atoms with Crippen LogP contribution in [0, 0.1) is 0 Å². The van der Waals surface area contributed by atoms with E-state index in [9.17, 15) is 8.42 Å². The lowest BCUT2D eigenvalue weighted by atomic mass is 10.2. The molecule has 1 aromatic heterocycles. The second-order valence-electron chi connectivity index (χ2n) is 4.12. The molecular formula is C11H16N2O3S. The van der Waals surface area contributed by atoms with Gasteiger partial charge in [0.05, 0.1) is 23.6 Å². The molecule has 17 heavy (non-hydrogen) atoms. The Balaban J connectivity index is 2.12. The first-order valence-electron chi connectivity index (χ1n) is 5.54. The van der Waals surface area contributed by atoms with Crippen LogP contribution >= 0.6 is 0 Å². The Bertz CT molecular complexity index is 457. The quantitative estimate of drug-likeness (QED) is 0.819. The monoisotopic (exact) mass is 256 g/mol. The first-order chi connectivity index (χ1) is 8.13. The van der Waals surface area contributed by atoms with E-state index in [2.05, 4.69) is 9.71 Å². The number of nitrogens with one attached hydrogen (secondary N) is 1. The molecule has 0 spiro atoms. The van der Waals surface area contributed by atoms with Crippen molar-refractivity contribution >= 4 is 10.0 Å². The Morgan fingerprint density at radius 1 is 1.53 bits per heavy atom. The normalized spacial score (nSPS) is 17.9. The van der Waals surface area contributed by atoms with Crippen LogP contribution < -0.4 is 4.72 Å². The molecule has 0 saturated heterocycles. The average Bonchev–Trinajstić information content (AvgIpc) is 3.13. The van der Waals surface area contributed by atoms with E-state index < -0.39 is 16.1 Å². The number of sulfonamides is 1. The molecule has 1 atom stereocenters. The number of methoxy groups -OCH3 is 1. The van der Waals surface area contributed by atoms with Crippen molar-refractivity contribution < 1.29 is 13.2 Å². The van der Waals surface area contributed by atoms with Crippen molar-refractivity contribution in [2.75, 3.05) is 13.7 Å². The van der Waals surface area contributed by atoms with E-state index >= 15 is 0 Å². The highest BCUT2D eigenvalue weighted by atomic mass is 32.2. The summed E-state index contributed by atoms with van der Waals surface area (Å²) < 4.78 is 31.4. The number of nitrogens with zero attached hydrogens (tertiary/aromatic N) is 1. The Labute approximate surface area is 101 Å². The fourth-order valence-electron chi connectivity index (χ4n) is 1.60. The van der Waals surface area contributed by atoms with Gasteiger partial charge >= 0.3 is 0 Å². The molecule has 2 rings (SSSR count). The third-order valence-electron chi connectivity index (χ3n) is 2.65. The van der Waals surface area contributed by atoms with Gasteiger partial charge < -0.3 is 4.74 Å². The van der Waals surface area contributed by atoms with E-state index in [1.54, 1.807) is 25.4 Å². The lowest BCUT2D eigenvalue weighted by molar-refractivity contribution is 0.174. The van der Waals surface area contributed by atoms with E-state index in [0.29, 0.717) is 5.69 Å². The molecule has 94 valence electrons. The minimum absolute atomic E-state index is 0.231. The average molecular weight is 256 g/mol. The molecule has 1 unspecified atom stereocenters. The van der Waals surface area contributed by atoms with E-state index in [0.717, 1.165) is 12.8 Å². The van der Waals surface area contributed by atoms with Gasteiger partial charge in [-0.3, -0.25) is 4.98 Å². The van der Waals surface area contributed by atoms with Gasteiger partial charge in [-0.1, -0.05) is 6.07 Å². The molecule has 0 radical (unpaired) electrons. The van der Waals surface area contributed by atoms with Crippen LogP contribution in [0.4, 0.5) is 0 Å². The van der Waals surface area contributed by atoms with Crippen LogP contribution in [0.2, 0.25) is 0 Å². The van der Waals surface area contributed by atoms with Crippen LogP contribution in [-0.2, 0) is 14.8 Å². The minimum Gasteiger partial charge on any atom is -0.383 e. The molecule has 1 N–H and O–H groups in total. The summed E-state index contributed by atoms with van der Waals surface area (Å²) >= 11 is 0. The lowest BCUT2D eigenvalue weighted by Crippen LogP contribution is -2.34. The summed E-state index contributed by atoms with van der Waals surface area (Å²) in [7, 11) is -1.68. The van der Waals surface area contributed by atoms with Gasteiger partial charge in [0.1, 0.15) is 0 Å². The van der Waals surface area contributed by atoms with E-state index in [4.69, 9.17) is 4.74 Å². The van der Waals surface area contributed by atoms with Crippen LogP contribution in [0.3, 0.4) is 0 Å². The largest absolute Gasteiger partial charge is 0.383 e. The standard InChI is InChI=1S/C11H16N2O3S/c1-16-8-11(10-4-2-3-7-12-10)13-17(14,15)9-5-6-9/h2-4,7,9,11,13H,5-6,8H2,1H3. The van der Waals surface area contributed by atoms with Gasteiger partial charge in [-0.25, -0.2) is 13.1 Å². The highest BCUT2D eigenvalue weighted by Crippen LogP contribution is 2.28. The summed E-state index contributed by atoms with van der Waals surface area (Å²) in [6.07, 6.45) is 3.14. The van der Waals surface area contributed by atoms with Crippen molar-refractivity contribution in [2.24, 2.45) is 0 Å². The predicted octanol–water partition coefficient (Wildman–Crippen LogP) is 0.851. The van der Waals surface area contributed by atoms with Gasteiger partial charge in [-0.15, -0.1) is 0 Å². The van der Waals surface area contributed by atoms with E-state index in [1.807, 2.05) is 6.07 Å². The van der Waals surface area contributed by atoms with E-state index in [-0.39, 0.29) is 11.9 Å². The third kappa shape index (κ3) is 3.24. The van der Waals surface area contributed by atoms with Gasteiger partial charge in [0.15, 0.2) is 0 Å². The fourth-order valence-corrected chi connectivity index (χ4v) is 3.14. The van der Waals surface area contributed by atoms with Crippen LogP contribution in [0.25, 0.3) is 0 Å². The van der Waals surface area contributed by atoms with Crippen molar-refractivity contribution in [3.05, 3.63) is 30.1 Å². The van der Waals surface area contributed by atoms with Crippen LogP contribution in [-0.4, -0.2) is 32.4 Å². The molecule has 1 aliphatic carbocycles. The molecule has 1 aliphatic rings. The van der Waals surface area contributed by atoms with Crippen LogP contribution in [0.5, 0.6) is 0 Å². The predicted molar refractivity (Wildman–Crippen MR) is 63.9 cm³/mol. The van der Waals surface area contributed by atoms with E-state index in [1.165, 1.54) is 0 Å². The number of hydrogen-bond donors (Lipinski definition) is 1. The van der Waals surface area contributed by atoms with Gasteiger partial charge in [0, 0.05) is 13.3 Å². The topological polar surface area (TPSA) is 68.3 Å². The number of aromatic nitrogens is 1. The Morgan fingerprint density at radius 3 is 2.82 bits per heavy atom. The zero-order chi connectivity index (χ0) is 12.3. The molecular weight excluding hydrogens is 240 g/mol. The van der Waals surface area contributed by atoms with Crippen LogP contribution in [0.15, 0.2) is 24.4 Å². The number of pyridine rings is 1. The Kier molecular flexibility index (Phi) is 3.76. The molecule has 0 aromatic carbocycles. The third-order valence-corrected chi connectivity index (χ3v) is 4.61. The number of hydrogen-bond acceptors (Lipinski definition) is 4. The molecule has 1 saturated carbocycles.